The van der Waals surface area contributed by atoms with Gasteiger partial charge < -0.3 is 0 Å². The topological polar surface area (TPSA) is 105 Å². The van der Waals surface area contributed by atoms with Gasteiger partial charge in [-0.25, -0.2) is 0 Å². The number of carbonyl (C=O) groups excluding carboxylic acids is 4. The molecular formula is C22H24Bi2O8. The van der Waals surface area contributed by atoms with E-state index in [-0.39, 0.29) is 22.3 Å². The second-order valence-corrected chi connectivity index (χ2v) is 17.5. The van der Waals surface area contributed by atoms with Crippen LogP contribution in [0.25, 0.3) is 0 Å². The zero-order valence-corrected chi connectivity index (χ0v) is 25.3. The zero-order valence-electron chi connectivity index (χ0n) is 18.3. The van der Waals surface area contributed by atoms with Gasteiger partial charge >= 0.3 is 207 Å². The van der Waals surface area contributed by atoms with Crippen LogP contribution in [0.4, 0.5) is 0 Å². The normalized spacial score (nSPS) is 10.2. The SMILES string of the molecule is C=C(C)C(=O)[O][Bi]([O]C(=O)C(=C)C)[c]1cc[c]([Bi]([O]C(=O)C(=C)C)[O]C(=O)C(=C)C)cc1. The predicted octanol–water partition coefficient (Wildman–Crippen LogP) is 1.55. The van der Waals surface area contributed by atoms with Crippen LogP contribution >= 0.6 is 0 Å². The summed E-state index contributed by atoms with van der Waals surface area (Å²) in [5.74, 6) is -2.65. The molecule has 8 nitrogen and oxygen atoms in total. The summed E-state index contributed by atoms with van der Waals surface area (Å²) in [5.41, 5.74) is 0.675. The Hall–Kier alpha value is -2.17. The van der Waals surface area contributed by atoms with E-state index >= 15 is 0 Å². The number of hydrogen-bond acceptors (Lipinski definition) is 8. The third kappa shape index (κ3) is 8.75. The second kappa shape index (κ2) is 12.8. The van der Waals surface area contributed by atoms with Gasteiger partial charge in [0.15, 0.2) is 0 Å². The van der Waals surface area contributed by atoms with Crippen molar-refractivity contribution in [3.63, 3.8) is 0 Å². The van der Waals surface area contributed by atoms with Crippen molar-refractivity contribution in [2.24, 2.45) is 0 Å². The van der Waals surface area contributed by atoms with Crippen molar-refractivity contribution >= 4 is 75.7 Å². The quantitative estimate of drug-likeness (QED) is 0.259. The maximum atomic E-state index is 12.0. The summed E-state index contributed by atoms with van der Waals surface area (Å²) in [6.07, 6.45) is 0. The van der Waals surface area contributed by atoms with Gasteiger partial charge in [-0.05, 0) is 0 Å². The summed E-state index contributed by atoms with van der Waals surface area (Å²) in [6, 6.07) is 6.37. The van der Waals surface area contributed by atoms with Gasteiger partial charge in [-0.3, -0.25) is 0 Å². The fraction of sp³-hybridized carbons (Fsp3) is 0.182. The Bertz CT molecular complexity index is 843. The van der Waals surface area contributed by atoms with Crippen LogP contribution < -0.4 is 6.54 Å². The van der Waals surface area contributed by atoms with E-state index in [2.05, 4.69) is 26.3 Å². The van der Waals surface area contributed by atoms with Gasteiger partial charge in [-0.2, -0.15) is 0 Å². The molecule has 0 heterocycles. The first-order valence-electron chi connectivity index (χ1n) is 9.05. The molecule has 32 heavy (non-hydrogen) atoms. The molecule has 0 bridgehead atoms. The minimum atomic E-state index is -3.77. The molecule has 0 atom stereocenters. The third-order valence-electron chi connectivity index (χ3n) is 3.33. The molecule has 0 aliphatic rings. The van der Waals surface area contributed by atoms with E-state index in [0.717, 1.165) is 0 Å². The van der Waals surface area contributed by atoms with Crippen LogP contribution in [0.3, 0.4) is 0 Å². The molecule has 10 heteroatoms. The van der Waals surface area contributed by atoms with Gasteiger partial charge in [0.05, 0.1) is 0 Å². The molecule has 1 aromatic rings. The Morgan fingerprint density at radius 1 is 0.531 bits per heavy atom. The molecule has 0 saturated carbocycles. The van der Waals surface area contributed by atoms with E-state index in [1.807, 2.05) is 0 Å². The summed E-state index contributed by atoms with van der Waals surface area (Å²) < 4.78 is 22.7. The molecule has 0 aromatic heterocycles. The van der Waals surface area contributed by atoms with E-state index in [1.165, 1.54) is 27.7 Å². The molecule has 0 radical (unpaired) electrons. The maximum absolute atomic E-state index is 12.0. The monoisotopic (exact) mass is 834 g/mol. The summed E-state index contributed by atoms with van der Waals surface area (Å²) in [5, 5.41) is 0. The molecule has 0 fully saturated rings. The van der Waals surface area contributed by atoms with Gasteiger partial charge in [-0.1, -0.05) is 0 Å². The van der Waals surface area contributed by atoms with Crippen molar-refractivity contribution in [2.75, 3.05) is 0 Å². The van der Waals surface area contributed by atoms with Crippen LogP contribution in [-0.4, -0.2) is 69.1 Å². The summed E-state index contributed by atoms with van der Waals surface area (Å²) >= 11 is -7.54. The molecule has 0 amide bonds. The fourth-order valence-corrected chi connectivity index (χ4v) is 11.3. The molecule has 0 unspecified atom stereocenters. The number of benzene rings is 1. The van der Waals surface area contributed by atoms with Gasteiger partial charge in [-0.15, -0.1) is 0 Å². The standard InChI is InChI=1S/C6H4.4C4H6O2.2Bi/c1-2-4-6-5-3-1;4*1-3(2)4(5)6;;/h1-2,5-6H;4*1H2,2H3,(H,5,6);;/q;;;;;2*+2/p-4. The fourth-order valence-electron chi connectivity index (χ4n) is 1.56. The first kappa shape index (κ1) is 27.9. The predicted molar refractivity (Wildman–Crippen MR) is 121 cm³/mol. The Morgan fingerprint density at radius 3 is 0.875 bits per heavy atom. The Balaban J connectivity index is 3.24. The third-order valence-corrected chi connectivity index (χ3v) is 14.1. The Kier molecular flexibility index (Phi) is 11.1. The molecule has 0 aliphatic carbocycles. The van der Waals surface area contributed by atoms with Crippen LogP contribution in [0.2, 0.25) is 0 Å². The van der Waals surface area contributed by atoms with E-state index in [4.69, 9.17) is 11.3 Å². The van der Waals surface area contributed by atoms with Crippen LogP contribution in [0.1, 0.15) is 27.7 Å². The summed E-state index contributed by atoms with van der Waals surface area (Å²) in [4.78, 5) is 48.1. The van der Waals surface area contributed by atoms with Gasteiger partial charge in [0.25, 0.3) is 0 Å². The average Bonchev–Trinajstić information content (AvgIpc) is 2.72. The summed E-state index contributed by atoms with van der Waals surface area (Å²) in [7, 11) is 0. The average molecular weight is 834 g/mol. The van der Waals surface area contributed by atoms with Gasteiger partial charge in [0, 0.05) is 0 Å². The first-order chi connectivity index (χ1) is 14.8. The van der Waals surface area contributed by atoms with Crippen LogP contribution in [0, 0.1) is 0 Å². The van der Waals surface area contributed by atoms with E-state index < -0.39 is 69.1 Å². The number of carbonyl (C=O) groups is 4. The van der Waals surface area contributed by atoms with Gasteiger partial charge in [0.1, 0.15) is 0 Å². The second-order valence-electron chi connectivity index (χ2n) is 6.67. The molecule has 1 aromatic carbocycles. The Labute approximate surface area is 205 Å². The Morgan fingerprint density at radius 2 is 0.719 bits per heavy atom. The van der Waals surface area contributed by atoms with Crippen molar-refractivity contribution in [2.45, 2.75) is 27.7 Å². The minimum absolute atomic E-state index is 0.169. The van der Waals surface area contributed by atoms with E-state index in [0.29, 0.717) is 6.54 Å². The van der Waals surface area contributed by atoms with Crippen LogP contribution in [-0.2, 0) is 30.4 Å². The van der Waals surface area contributed by atoms with Crippen molar-refractivity contribution in [1.82, 2.24) is 0 Å². The molecule has 0 N–H and O–H groups in total. The van der Waals surface area contributed by atoms with Gasteiger partial charge in [0.2, 0.25) is 0 Å². The van der Waals surface area contributed by atoms with Crippen molar-refractivity contribution in [1.29, 1.82) is 0 Å². The number of hydrogen-bond donors (Lipinski definition) is 0. The molecular weight excluding hydrogens is 810 g/mol. The van der Waals surface area contributed by atoms with Crippen LogP contribution in [0.5, 0.6) is 0 Å². The van der Waals surface area contributed by atoms with Crippen molar-refractivity contribution in [3.05, 3.63) is 72.9 Å². The molecule has 0 aliphatic heterocycles. The van der Waals surface area contributed by atoms with E-state index in [9.17, 15) is 19.2 Å². The molecule has 170 valence electrons. The van der Waals surface area contributed by atoms with Crippen molar-refractivity contribution < 1.29 is 30.4 Å². The van der Waals surface area contributed by atoms with Crippen molar-refractivity contribution in [3.8, 4) is 0 Å². The zero-order chi connectivity index (χ0) is 24.6. The van der Waals surface area contributed by atoms with E-state index in [1.54, 1.807) is 24.3 Å². The number of rotatable bonds is 10. The van der Waals surface area contributed by atoms with Crippen LogP contribution in [0.15, 0.2) is 72.9 Å². The molecule has 0 saturated heterocycles. The first-order valence-corrected chi connectivity index (χ1v) is 18.2. The molecule has 0 spiro atoms. The summed E-state index contributed by atoms with van der Waals surface area (Å²) in [6.45, 7) is 20.1. The molecule has 1 rings (SSSR count).